The van der Waals surface area contributed by atoms with Gasteiger partial charge in [-0.05, 0) is 48.4 Å². The molecule has 1 heterocycles. The lowest BCUT2D eigenvalue weighted by Gasteiger charge is -2.16. The lowest BCUT2D eigenvalue weighted by Crippen LogP contribution is -2.27. The summed E-state index contributed by atoms with van der Waals surface area (Å²) in [5.41, 5.74) is 3.96. The smallest absolute Gasteiger partial charge is 0.259 e. The topological polar surface area (TPSA) is 42.4 Å². The Morgan fingerprint density at radius 3 is 2.40 bits per heavy atom. The van der Waals surface area contributed by atoms with Crippen molar-refractivity contribution in [3.63, 3.8) is 0 Å². The fourth-order valence-corrected chi connectivity index (χ4v) is 2.92. The zero-order chi connectivity index (χ0) is 18.0. The van der Waals surface area contributed by atoms with Crippen molar-refractivity contribution >= 4 is 16.7 Å². The van der Waals surface area contributed by atoms with Crippen molar-refractivity contribution < 1.29 is 9.53 Å². The van der Waals surface area contributed by atoms with Crippen LogP contribution in [0.3, 0.4) is 0 Å². The van der Waals surface area contributed by atoms with E-state index in [0.717, 1.165) is 33.3 Å². The molecule has 1 amide bonds. The molecule has 0 aliphatic heterocycles. The van der Waals surface area contributed by atoms with E-state index in [-0.39, 0.29) is 12.5 Å². The first-order valence-corrected chi connectivity index (χ1v) is 8.26. The minimum atomic E-state index is -0.0683. The number of nitrogens with zero attached hydrogens (tertiary/aromatic N) is 2. The Kier molecular flexibility index (Phi) is 4.70. The number of hydrogen-bond donors (Lipinski definition) is 0. The summed E-state index contributed by atoms with van der Waals surface area (Å²) in [6.45, 7) is 3.98. The quantitative estimate of drug-likeness (QED) is 0.724. The average Bonchev–Trinajstić information content (AvgIpc) is 2.58. The third kappa shape index (κ3) is 3.63. The molecule has 2 aromatic carbocycles. The second-order valence-electron chi connectivity index (χ2n) is 6.38. The maximum Gasteiger partial charge on any atom is 0.259 e. The fourth-order valence-electron chi connectivity index (χ4n) is 2.92. The van der Waals surface area contributed by atoms with Gasteiger partial charge in [-0.1, -0.05) is 30.3 Å². The second-order valence-corrected chi connectivity index (χ2v) is 6.38. The molecule has 0 fully saturated rings. The van der Waals surface area contributed by atoms with Crippen molar-refractivity contribution in [2.45, 2.75) is 13.8 Å². The zero-order valence-electron chi connectivity index (χ0n) is 15.0. The van der Waals surface area contributed by atoms with Gasteiger partial charge in [0.25, 0.3) is 5.91 Å². The van der Waals surface area contributed by atoms with E-state index < -0.39 is 0 Å². The molecule has 1 aromatic heterocycles. The van der Waals surface area contributed by atoms with Crippen LogP contribution in [-0.2, 0) is 4.79 Å². The summed E-state index contributed by atoms with van der Waals surface area (Å²) in [7, 11) is 3.45. The monoisotopic (exact) mass is 334 g/mol. The fraction of sp³-hybridized carbons (Fsp3) is 0.238. The minimum absolute atomic E-state index is 0.0153. The van der Waals surface area contributed by atoms with Gasteiger partial charge >= 0.3 is 0 Å². The van der Waals surface area contributed by atoms with E-state index in [1.807, 2.05) is 38.1 Å². The Balaban J connectivity index is 2.15. The standard InChI is InChI=1S/C21H22N2O2/c1-14-11-17(12-15(2)22-14)21-18-8-6-5-7-16(18)9-10-19(21)25-13-20(24)23(3)4/h5-12H,13H2,1-4H3. The number of rotatable bonds is 4. The van der Waals surface area contributed by atoms with Crippen LogP contribution in [0, 0.1) is 13.8 Å². The molecule has 0 saturated heterocycles. The lowest BCUT2D eigenvalue weighted by molar-refractivity contribution is -0.130. The Bertz CT molecular complexity index is 912. The molecule has 3 rings (SSSR count). The van der Waals surface area contributed by atoms with Gasteiger partial charge in [0.15, 0.2) is 6.61 Å². The third-order valence-electron chi connectivity index (χ3n) is 4.11. The Labute approximate surface area is 148 Å². The van der Waals surface area contributed by atoms with Crippen LogP contribution in [-0.4, -0.2) is 36.5 Å². The number of aryl methyl sites for hydroxylation is 2. The number of aromatic nitrogens is 1. The molecule has 0 unspecified atom stereocenters. The molecule has 0 atom stereocenters. The number of likely N-dealkylation sites (N-methyl/N-ethyl adjacent to an activating group) is 1. The number of carbonyl (C=O) groups is 1. The Morgan fingerprint density at radius 1 is 1.04 bits per heavy atom. The van der Waals surface area contributed by atoms with Crippen LogP contribution in [0.1, 0.15) is 11.4 Å². The molecule has 0 spiro atoms. The van der Waals surface area contributed by atoms with Gasteiger partial charge in [-0.2, -0.15) is 0 Å². The molecular weight excluding hydrogens is 312 g/mol. The molecular formula is C21H22N2O2. The van der Waals surface area contributed by atoms with Gasteiger partial charge in [0, 0.05) is 31.0 Å². The maximum absolute atomic E-state index is 11.9. The SMILES string of the molecule is Cc1cc(-c2c(OCC(=O)N(C)C)ccc3ccccc23)cc(C)n1. The molecule has 0 radical (unpaired) electrons. The molecule has 0 aliphatic carbocycles. The number of pyridine rings is 1. The number of carbonyl (C=O) groups excluding carboxylic acids is 1. The van der Waals surface area contributed by atoms with Gasteiger partial charge < -0.3 is 9.64 Å². The summed E-state index contributed by atoms with van der Waals surface area (Å²) in [5.74, 6) is 0.639. The molecule has 128 valence electrons. The van der Waals surface area contributed by atoms with E-state index in [4.69, 9.17) is 4.74 Å². The van der Waals surface area contributed by atoms with Gasteiger partial charge in [-0.3, -0.25) is 9.78 Å². The summed E-state index contributed by atoms with van der Waals surface area (Å²) < 4.78 is 5.89. The summed E-state index contributed by atoms with van der Waals surface area (Å²) in [6.07, 6.45) is 0. The average molecular weight is 334 g/mol. The van der Waals surface area contributed by atoms with Crippen LogP contribution >= 0.6 is 0 Å². The molecule has 0 N–H and O–H groups in total. The molecule has 0 bridgehead atoms. The number of hydrogen-bond acceptors (Lipinski definition) is 3. The number of amides is 1. The van der Waals surface area contributed by atoms with E-state index in [9.17, 15) is 4.79 Å². The van der Waals surface area contributed by atoms with E-state index in [0.29, 0.717) is 5.75 Å². The highest BCUT2D eigenvalue weighted by Gasteiger charge is 2.14. The molecule has 3 aromatic rings. The highest BCUT2D eigenvalue weighted by Crippen LogP contribution is 2.37. The molecule has 4 nitrogen and oxygen atoms in total. The summed E-state index contributed by atoms with van der Waals surface area (Å²) in [6, 6.07) is 16.3. The second kappa shape index (κ2) is 6.93. The summed E-state index contributed by atoms with van der Waals surface area (Å²) in [4.78, 5) is 17.9. The van der Waals surface area contributed by atoms with Crippen molar-refractivity contribution in [3.05, 3.63) is 59.9 Å². The first kappa shape index (κ1) is 17.0. The van der Waals surface area contributed by atoms with Crippen molar-refractivity contribution in [1.82, 2.24) is 9.88 Å². The highest BCUT2D eigenvalue weighted by molar-refractivity contribution is 6.00. The Morgan fingerprint density at radius 2 is 1.72 bits per heavy atom. The maximum atomic E-state index is 11.9. The number of fused-ring (bicyclic) bond motifs is 1. The van der Waals surface area contributed by atoms with Crippen LogP contribution in [0.5, 0.6) is 5.75 Å². The highest BCUT2D eigenvalue weighted by atomic mass is 16.5. The normalized spacial score (nSPS) is 10.7. The van der Waals surface area contributed by atoms with E-state index in [1.165, 1.54) is 4.90 Å². The summed E-state index contributed by atoms with van der Waals surface area (Å²) >= 11 is 0. The lowest BCUT2D eigenvalue weighted by atomic mass is 9.97. The van der Waals surface area contributed by atoms with Crippen molar-refractivity contribution in [2.24, 2.45) is 0 Å². The van der Waals surface area contributed by atoms with Crippen LogP contribution in [0.15, 0.2) is 48.5 Å². The van der Waals surface area contributed by atoms with E-state index in [2.05, 4.69) is 29.2 Å². The van der Waals surface area contributed by atoms with Crippen molar-refractivity contribution in [2.75, 3.05) is 20.7 Å². The van der Waals surface area contributed by atoms with Gasteiger partial charge in [-0.25, -0.2) is 0 Å². The summed E-state index contributed by atoms with van der Waals surface area (Å²) in [5, 5.41) is 2.23. The van der Waals surface area contributed by atoms with Crippen LogP contribution in [0.2, 0.25) is 0 Å². The van der Waals surface area contributed by atoms with E-state index in [1.54, 1.807) is 14.1 Å². The number of ether oxygens (including phenoxy) is 1. The number of benzene rings is 2. The van der Waals surface area contributed by atoms with Gasteiger partial charge in [0.1, 0.15) is 5.75 Å². The molecule has 4 heteroatoms. The third-order valence-corrected chi connectivity index (χ3v) is 4.11. The largest absolute Gasteiger partial charge is 0.483 e. The van der Waals surface area contributed by atoms with Crippen LogP contribution in [0.25, 0.3) is 21.9 Å². The van der Waals surface area contributed by atoms with Gasteiger partial charge in [-0.15, -0.1) is 0 Å². The van der Waals surface area contributed by atoms with Gasteiger partial charge in [0.2, 0.25) is 0 Å². The molecule has 0 saturated carbocycles. The van der Waals surface area contributed by atoms with E-state index >= 15 is 0 Å². The predicted octanol–water partition coefficient (Wildman–Crippen LogP) is 3.99. The first-order valence-electron chi connectivity index (χ1n) is 8.26. The van der Waals surface area contributed by atoms with Gasteiger partial charge in [0.05, 0.1) is 0 Å². The molecule has 0 aliphatic rings. The van der Waals surface area contributed by atoms with Crippen LogP contribution in [0.4, 0.5) is 0 Å². The minimum Gasteiger partial charge on any atom is -0.483 e. The Hall–Kier alpha value is -2.88. The van der Waals surface area contributed by atoms with Crippen LogP contribution < -0.4 is 4.74 Å². The van der Waals surface area contributed by atoms with Crippen molar-refractivity contribution in [1.29, 1.82) is 0 Å². The van der Waals surface area contributed by atoms with Crippen molar-refractivity contribution in [3.8, 4) is 16.9 Å². The predicted molar refractivity (Wildman–Crippen MR) is 101 cm³/mol. The molecule has 25 heavy (non-hydrogen) atoms. The first-order chi connectivity index (χ1) is 12.0. The zero-order valence-corrected chi connectivity index (χ0v) is 15.0.